The maximum atomic E-state index is 12.0. The molecule has 1 rings (SSSR count). The number of hydrogen-bond acceptors (Lipinski definition) is 4. The van der Waals surface area contributed by atoms with E-state index < -0.39 is 12.6 Å². The highest BCUT2D eigenvalue weighted by molar-refractivity contribution is 9.10. The monoisotopic (exact) mass is 371 g/mol. The summed E-state index contributed by atoms with van der Waals surface area (Å²) in [6.07, 6.45) is -3.05. The summed E-state index contributed by atoms with van der Waals surface area (Å²) in [5, 5.41) is 6.87. The van der Waals surface area contributed by atoms with E-state index in [2.05, 4.69) is 26.3 Å². The minimum absolute atomic E-state index is 0.0481. The van der Waals surface area contributed by atoms with Crippen LogP contribution in [0.5, 0.6) is 0 Å². The molecule has 0 aromatic carbocycles. The summed E-state index contributed by atoms with van der Waals surface area (Å²) >= 11 is 3.17. The summed E-state index contributed by atoms with van der Waals surface area (Å²) in [4.78, 5) is 11.9. The Morgan fingerprint density at radius 1 is 1.43 bits per heavy atom. The van der Waals surface area contributed by atoms with Crippen molar-refractivity contribution in [3.63, 3.8) is 0 Å². The number of nitrogens with one attached hydrogen (secondary N) is 1. The van der Waals surface area contributed by atoms with Gasteiger partial charge in [-0.1, -0.05) is 0 Å². The fraction of sp³-hybridized carbons (Fsp3) is 0.667. The van der Waals surface area contributed by atoms with Crippen molar-refractivity contribution in [2.24, 2.45) is 0 Å². The number of rotatable bonds is 8. The van der Waals surface area contributed by atoms with Gasteiger partial charge in [-0.2, -0.15) is 18.3 Å². The third-order valence-electron chi connectivity index (χ3n) is 2.69. The SMILES string of the molecule is COCCn1ncc(NCCCCC(F)(F)F)c(Br)c1=O. The molecule has 0 bridgehead atoms. The highest BCUT2D eigenvalue weighted by Gasteiger charge is 2.25. The molecule has 0 aliphatic carbocycles. The lowest BCUT2D eigenvalue weighted by Gasteiger charge is -2.10. The molecule has 0 fully saturated rings. The molecular weight excluding hydrogens is 355 g/mol. The standard InChI is InChI=1S/C12H17BrF3N3O2/c1-21-7-6-19-11(20)10(13)9(8-18-19)17-5-3-2-4-12(14,15)16/h8,17H,2-7H2,1H3. The molecule has 0 amide bonds. The lowest BCUT2D eigenvalue weighted by Crippen LogP contribution is -2.26. The molecule has 0 unspecified atom stereocenters. The van der Waals surface area contributed by atoms with Gasteiger partial charge in [0.1, 0.15) is 4.47 Å². The van der Waals surface area contributed by atoms with Gasteiger partial charge in [-0.15, -0.1) is 0 Å². The average Bonchev–Trinajstić information content (AvgIpc) is 2.41. The second-order valence-electron chi connectivity index (χ2n) is 4.39. The van der Waals surface area contributed by atoms with Crippen LogP contribution < -0.4 is 10.9 Å². The number of aromatic nitrogens is 2. The highest BCUT2D eigenvalue weighted by atomic mass is 79.9. The number of unbranched alkanes of at least 4 members (excludes halogenated alkanes) is 1. The molecule has 120 valence electrons. The third kappa shape index (κ3) is 6.47. The quantitative estimate of drug-likeness (QED) is 0.713. The molecular formula is C12H17BrF3N3O2. The Morgan fingerprint density at radius 3 is 2.76 bits per heavy atom. The van der Waals surface area contributed by atoms with E-state index in [0.29, 0.717) is 36.3 Å². The van der Waals surface area contributed by atoms with Gasteiger partial charge in [0.2, 0.25) is 0 Å². The van der Waals surface area contributed by atoms with Crippen molar-refractivity contribution in [3.8, 4) is 0 Å². The van der Waals surface area contributed by atoms with Crippen LogP contribution in [0.4, 0.5) is 18.9 Å². The fourth-order valence-corrected chi connectivity index (χ4v) is 2.05. The molecule has 1 N–H and O–H groups in total. The third-order valence-corrected chi connectivity index (χ3v) is 3.46. The Hall–Kier alpha value is -1.09. The van der Waals surface area contributed by atoms with E-state index >= 15 is 0 Å². The van der Waals surface area contributed by atoms with Crippen molar-refractivity contribution in [2.45, 2.75) is 32.0 Å². The van der Waals surface area contributed by atoms with Gasteiger partial charge in [-0.25, -0.2) is 4.68 Å². The molecule has 9 heteroatoms. The summed E-state index contributed by atoms with van der Waals surface area (Å²) in [5.74, 6) is 0. The van der Waals surface area contributed by atoms with Gasteiger partial charge < -0.3 is 10.1 Å². The first kappa shape index (κ1) is 18.0. The summed E-state index contributed by atoms with van der Waals surface area (Å²) in [6.45, 7) is 1.04. The molecule has 0 radical (unpaired) electrons. The highest BCUT2D eigenvalue weighted by Crippen LogP contribution is 2.22. The van der Waals surface area contributed by atoms with Crippen LogP contribution in [0, 0.1) is 0 Å². The van der Waals surface area contributed by atoms with Crippen LogP contribution in [0.25, 0.3) is 0 Å². The van der Waals surface area contributed by atoms with Crippen LogP contribution in [0.2, 0.25) is 0 Å². The first-order valence-electron chi connectivity index (χ1n) is 6.40. The second kappa shape index (κ2) is 8.38. The number of hydrogen-bond donors (Lipinski definition) is 1. The number of anilines is 1. The fourth-order valence-electron chi connectivity index (χ4n) is 1.60. The summed E-state index contributed by atoms with van der Waals surface area (Å²) in [7, 11) is 1.52. The predicted molar refractivity (Wildman–Crippen MR) is 76.5 cm³/mol. The van der Waals surface area contributed by atoms with Gasteiger partial charge in [0, 0.05) is 20.1 Å². The van der Waals surface area contributed by atoms with Crippen LogP contribution in [0.1, 0.15) is 19.3 Å². The molecule has 1 aromatic rings. The maximum Gasteiger partial charge on any atom is 0.389 e. The van der Waals surface area contributed by atoms with E-state index in [-0.39, 0.29) is 12.0 Å². The molecule has 21 heavy (non-hydrogen) atoms. The van der Waals surface area contributed by atoms with E-state index in [9.17, 15) is 18.0 Å². The van der Waals surface area contributed by atoms with Gasteiger partial charge in [-0.05, 0) is 28.8 Å². The Kier molecular flexibility index (Phi) is 7.16. The van der Waals surface area contributed by atoms with E-state index in [1.165, 1.54) is 18.0 Å². The smallest absolute Gasteiger partial charge is 0.383 e. The van der Waals surface area contributed by atoms with Crippen LogP contribution in [0.15, 0.2) is 15.5 Å². The Labute approximate surface area is 128 Å². The number of alkyl halides is 3. The van der Waals surface area contributed by atoms with Gasteiger partial charge in [0.25, 0.3) is 5.56 Å². The second-order valence-corrected chi connectivity index (χ2v) is 5.19. The molecule has 1 aromatic heterocycles. The van der Waals surface area contributed by atoms with E-state index in [4.69, 9.17) is 4.74 Å². The van der Waals surface area contributed by atoms with Crippen LogP contribution in [-0.4, -0.2) is 36.2 Å². The Bertz CT molecular complexity index is 506. The van der Waals surface area contributed by atoms with Crippen LogP contribution in [-0.2, 0) is 11.3 Å². The average molecular weight is 372 g/mol. The van der Waals surface area contributed by atoms with Crippen molar-refractivity contribution >= 4 is 21.6 Å². The zero-order valence-corrected chi connectivity index (χ0v) is 13.1. The lowest BCUT2D eigenvalue weighted by molar-refractivity contribution is -0.135. The molecule has 0 aliphatic rings. The normalized spacial score (nSPS) is 11.7. The van der Waals surface area contributed by atoms with Gasteiger partial charge >= 0.3 is 6.18 Å². The number of halogens is 4. The summed E-state index contributed by atoms with van der Waals surface area (Å²) in [5.41, 5.74) is 0.160. The summed E-state index contributed by atoms with van der Waals surface area (Å²) in [6, 6.07) is 0. The molecule has 0 atom stereocenters. The van der Waals surface area contributed by atoms with Crippen molar-refractivity contribution in [1.29, 1.82) is 0 Å². The Morgan fingerprint density at radius 2 is 2.14 bits per heavy atom. The van der Waals surface area contributed by atoms with Crippen LogP contribution >= 0.6 is 15.9 Å². The molecule has 5 nitrogen and oxygen atoms in total. The van der Waals surface area contributed by atoms with Gasteiger partial charge in [-0.3, -0.25) is 4.79 Å². The zero-order valence-electron chi connectivity index (χ0n) is 11.5. The van der Waals surface area contributed by atoms with Gasteiger partial charge in [0.15, 0.2) is 0 Å². The zero-order chi connectivity index (χ0) is 15.9. The van der Waals surface area contributed by atoms with Gasteiger partial charge in [0.05, 0.1) is 25.0 Å². The van der Waals surface area contributed by atoms with Crippen molar-refractivity contribution < 1.29 is 17.9 Å². The topological polar surface area (TPSA) is 56.1 Å². The van der Waals surface area contributed by atoms with E-state index in [1.807, 2.05) is 0 Å². The molecule has 0 spiro atoms. The van der Waals surface area contributed by atoms with Crippen molar-refractivity contribution in [2.75, 3.05) is 25.6 Å². The molecule has 0 saturated carbocycles. The minimum atomic E-state index is -4.12. The van der Waals surface area contributed by atoms with E-state index in [1.54, 1.807) is 0 Å². The first-order valence-corrected chi connectivity index (χ1v) is 7.19. The maximum absolute atomic E-state index is 12.0. The molecule has 0 aliphatic heterocycles. The van der Waals surface area contributed by atoms with Crippen molar-refractivity contribution in [3.05, 3.63) is 21.0 Å². The van der Waals surface area contributed by atoms with Crippen LogP contribution in [0.3, 0.4) is 0 Å². The molecule has 0 saturated heterocycles. The number of ether oxygens (including phenoxy) is 1. The van der Waals surface area contributed by atoms with E-state index in [0.717, 1.165) is 0 Å². The Balaban J connectivity index is 2.49. The minimum Gasteiger partial charge on any atom is -0.383 e. The summed E-state index contributed by atoms with van der Waals surface area (Å²) < 4.78 is 42.4. The molecule has 1 heterocycles. The number of methoxy groups -OCH3 is 1. The largest absolute Gasteiger partial charge is 0.389 e. The predicted octanol–water partition coefficient (Wildman–Crippen LogP) is 2.80. The number of nitrogens with zero attached hydrogens (tertiary/aromatic N) is 2. The first-order chi connectivity index (χ1) is 9.85. The lowest BCUT2D eigenvalue weighted by atomic mass is 10.2. The van der Waals surface area contributed by atoms with Crippen molar-refractivity contribution in [1.82, 2.24) is 9.78 Å².